The van der Waals surface area contributed by atoms with Gasteiger partial charge in [-0.1, -0.05) is 18.2 Å². The van der Waals surface area contributed by atoms with E-state index in [4.69, 9.17) is 0 Å². The molecule has 0 bridgehead atoms. The second kappa shape index (κ2) is 9.27. The summed E-state index contributed by atoms with van der Waals surface area (Å²) in [5.74, 6) is 0.884. The van der Waals surface area contributed by atoms with Crippen molar-refractivity contribution < 1.29 is 0 Å². The Morgan fingerprint density at radius 2 is 2.00 bits per heavy atom. The van der Waals surface area contributed by atoms with Gasteiger partial charge in [0.25, 0.3) is 0 Å². The van der Waals surface area contributed by atoms with Crippen LogP contribution in [-0.2, 0) is 25.9 Å². The zero-order chi connectivity index (χ0) is 15.2. The number of nitrogens with zero attached hydrogens (tertiary/aromatic N) is 1. The lowest BCUT2D eigenvalue weighted by molar-refractivity contribution is 0.815. The summed E-state index contributed by atoms with van der Waals surface area (Å²) in [7, 11) is 0. The summed E-state index contributed by atoms with van der Waals surface area (Å²) in [6.45, 7) is 4.52. The second-order valence-corrected chi connectivity index (χ2v) is 6.42. The normalized spacial score (nSPS) is 13.3. The van der Waals surface area contributed by atoms with Gasteiger partial charge in [-0.2, -0.15) is 11.3 Å². The predicted octanol–water partition coefficient (Wildman–Crippen LogP) is 4.11. The summed E-state index contributed by atoms with van der Waals surface area (Å²) in [4.78, 5) is 4.64. The van der Waals surface area contributed by atoms with Gasteiger partial charge in [0.2, 0.25) is 0 Å². The second-order valence-electron chi connectivity index (χ2n) is 5.64. The van der Waals surface area contributed by atoms with Crippen LogP contribution < -0.4 is 10.6 Å². The van der Waals surface area contributed by atoms with Gasteiger partial charge in [-0.15, -0.1) is 24.0 Å². The summed E-state index contributed by atoms with van der Waals surface area (Å²) in [5.41, 5.74) is 5.66. The molecule has 1 aliphatic rings. The minimum absolute atomic E-state index is 0. The Hall–Kier alpha value is -1.08. The van der Waals surface area contributed by atoms with E-state index in [1.165, 1.54) is 41.5 Å². The largest absolute Gasteiger partial charge is 0.357 e. The maximum Gasteiger partial charge on any atom is 0.191 e. The molecule has 3 nitrogen and oxygen atoms in total. The summed E-state index contributed by atoms with van der Waals surface area (Å²) < 4.78 is 0. The van der Waals surface area contributed by atoms with E-state index in [1.54, 1.807) is 11.3 Å². The number of nitrogens with one attached hydrogen (secondary N) is 2. The zero-order valence-corrected chi connectivity index (χ0v) is 16.6. The number of hydrogen-bond donors (Lipinski definition) is 2. The fourth-order valence-electron chi connectivity index (χ4n) is 2.82. The molecule has 124 valence electrons. The first-order chi connectivity index (χ1) is 10.8. The van der Waals surface area contributed by atoms with Gasteiger partial charge in [-0.25, -0.2) is 4.99 Å². The predicted molar refractivity (Wildman–Crippen MR) is 110 cm³/mol. The average Bonchev–Trinajstić information content (AvgIpc) is 3.20. The number of aliphatic imine (C=N–C) groups is 1. The van der Waals surface area contributed by atoms with Crippen molar-refractivity contribution in [3.63, 3.8) is 0 Å². The first-order valence-corrected chi connectivity index (χ1v) is 8.93. The molecular formula is C18H24IN3S. The molecule has 0 spiro atoms. The van der Waals surface area contributed by atoms with Crippen LogP contribution in [0.25, 0.3) is 0 Å². The number of thiophene rings is 1. The molecular weight excluding hydrogens is 417 g/mol. The van der Waals surface area contributed by atoms with Gasteiger partial charge in [-0.05, 0) is 65.3 Å². The van der Waals surface area contributed by atoms with Crippen LogP contribution in [0.3, 0.4) is 0 Å². The van der Waals surface area contributed by atoms with E-state index in [0.29, 0.717) is 0 Å². The molecule has 0 saturated heterocycles. The smallest absolute Gasteiger partial charge is 0.191 e. The van der Waals surface area contributed by atoms with Crippen molar-refractivity contribution in [3.05, 3.63) is 57.3 Å². The van der Waals surface area contributed by atoms with Gasteiger partial charge in [-0.3, -0.25) is 0 Å². The van der Waals surface area contributed by atoms with Crippen LogP contribution in [0.15, 0.2) is 40.0 Å². The molecule has 0 fully saturated rings. The van der Waals surface area contributed by atoms with Gasteiger partial charge in [0.1, 0.15) is 0 Å². The first kappa shape index (κ1) is 18.3. The van der Waals surface area contributed by atoms with Gasteiger partial charge < -0.3 is 10.6 Å². The maximum atomic E-state index is 4.64. The highest BCUT2D eigenvalue weighted by Gasteiger charge is 2.10. The molecule has 2 N–H and O–H groups in total. The van der Waals surface area contributed by atoms with E-state index in [1.807, 2.05) is 0 Å². The highest BCUT2D eigenvalue weighted by molar-refractivity contribution is 14.0. The fraction of sp³-hybridized carbons (Fsp3) is 0.389. The van der Waals surface area contributed by atoms with Crippen molar-refractivity contribution in [1.82, 2.24) is 10.6 Å². The van der Waals surface area contributed by atoms with Crippen LogP contribution in [0, 0.1) is 0 Å². The molecule has 3 rings (SSSR count). The topological polar surface area (TPSA) is 36.4 Å². The van der Waals surface area contributed by atoms with Gasteiger partial charge in [0, 0.05) is 13.1 Å². The molecule has 2 aromatic rings. The van der Waals surface area contributed by atoms with Gasteiger partial charge in [0.05, 0.1) is 6.54 Å². The maximum absolute atomic E-state index is 4.64. The highest BCUT2D eigenvalue weighted by atomic mass is 127. The van der Waals surface area contributed by atoms with Crippen LogP contribution in [-0.4, -0.2) is 12.5 Å². The number of halogens is 1. The summed E-state index contributed by atoms with van der Waals surface area (Å²) in [6, 6.07) is 8.99. The average molecular weight is 441 g/mol. The van der Waals surface area contributed by atoms with Crippen molar-refractivity contribution in [1.29, 1.82) is 0 Å². The quantitative estimate of drug-likeness (QED) is 0.416. The third-order valence-electron chi connectivity index (χ3n) is 3.97. The lowest BCUT2D eigenvalue weighted by Crippen LogP contribution is -2.36. The van der Waals surface area contributed by atoms with Crippen molar-refractivity contribution in [2.24, 2.45) is 4.99 Å². The van der Waals surface area contributed by atoms with E-state index in [9.17, 15) is 0 Å². The van der Waals surface area contributed by atoms with Gasteiger partial charge >= 0.3 is 0 Å². The number of hydrogen-bond acceptors (Lipinski definition) is 2. The summed E-state index contributed by atoms with van der Waals surface area (Å²) >= 11 is 1.72. The van der Waals surface area contributed by atoms with E-state index in [2.05, 4.69) is 57.6 Å². The van der Waals surface area contributed by atoms with Crippen molar-refractivity contribution in [2.45, 2.75) is 39.3 Å². The Balaban J connectivity index is 0.00000192. The zero-order valence-electron chi connectivity index (χ0n) is 13.5. The minimum Gasteiger partial charge on any atom is -0.357 e. The molecule has 1 heterocycles. The summed E-state index contributed by atoms with van der Waals surface area (Å²) in [5, 5.41) is 11.0. The van der Waals surface area contributed by atoms with E-state index >= 15 is 0 Å². The van der Waals surface area contributed by atoms with Crippen molar-refractivity contribution in [2.75, 3.05) is 6.54 Å². The molecule has 0 radical (unpaired) electrons. The number of guanidine groups is 1. The van der Waals surface area contributed by atoms with Crippen LogP contribution in [0.4, 0.5) is 0 Å². The van der Waals surface area contributed by atoms with Crippen LogP contribution >= 0.6 is 35.3 Å². The molecule has 0 saturated carbocycles. The Morgan fingerprint density at radius 1 is 1.13 bits per heavy atom. The summed E-state index contributed by atoms with van der Waals surface area (Å²) in [6.07, 6.45) is 3.78. The van der Waals surface area contributed by atoms with E-state index in [-0.39, 0.29) is 24.0 Å². The van der Waals surface area contributed by atoms with Crippen molar-refractivity contribution >= 4 is 41.3 Å². The van der Waals surface area contributed by atoms with E-state index in [0.717, 1.165) is 25.6 Å². The minimum atomic E-state index is 0. The van der Waals surface area contributed by atoms with Crippen LogP contribution in [0.1, 0.15) is 35.6 Å². The Bertz CT molecular complexity index is 638. The Kier molecular flexibility index (Phi) is 7.36. The third kappa shape index (κ3) is 5.21. The lowest BCUT2D eigenvalue weighted by Gasteiger charge is -2.12. The lowest BCUT2D eigenvalue weighted by atomic mass is 10.1. The molecule has 1 aromatic carbocycles. The number of aryl methyl sites for hydroxylation is 2. The molecule has 23 heavy (non-hydrogen) atoms. The highest BCUT2D eigenvalue weighted by Crippen LogP contribution is 2.22. The monoisotopic (exact) mass is 441 g/mol. The van der Waals surface area contributed by atoms with E-state index < -0.39 is 0 Å². The molecule has 1 aliphatic carbocycles. The van der Waals surface area contributed by atoms with Crippen LogP contribution in [0.5, 0.6) is 0 Å². The Morgan fingerprint density at radius 3 is 2.78 bits per heavy atom. The molecule has 5 heteroatoms. The standard InChI is InChI=1S/C18H23N3S.HI/c1-2-19-18(21-12-15-8-9-22-13-15)20-11-14-6-7-16-4-3-5-17(16)10-14;/h6-10,13H,2-5,11-12H2,1H3,(H2,19,20,21);1H. The SMILES string of the molecule is CCNC(=NCc1ccsc1)NCc1ccc2c(c1)CCC2.I. The number of benzene rings is 1. The molecule has 0 unspecified atom stereocenters. The molecule has 1 aromatic heterocycles. The first-order valence-electron chi connectivity index (χ1n) is 7.99. The Labute approximate surface area is 159 Å². The fourth-order valence-corrected chi connectivity index (χ4v) is 3.48. The number of rotatable bonds is 5. The third-order valence-corrected chi connectivity index (χ3v) is 4.70. The van der Waals surface area contributed by atoms with Crippen molar-refractivity contribution in [3.8, 4) is 0 Å². The van der Waals surface area contributed by atoms with Gasteiger partial charge in [0.15, 0.2) is 5.96 Å². The molecule has 0 amide bonds. The molecule has 0 aliphatic heterocycles. The number of fused-ring (bicyclic) bond motifs is 1. The molecule has 0 atom stereocenters. The van der Waals surface area contributed by atoms with Crippen LogP contribution in [0.2, 0.25) is 0 Å².